The van der Waals surface area contributed by atoms with Gasteiger partial charge in [-0.1, -0.05) is 30.3 Å². The van der Waals surface area contributed by atoms with E-state index in [0.717, 1.165) is 5.56 Å². The van der Waals surface area contributed by atoms with Crippen LogP contribution >= 0.6 is 0 Å². The van der Waals surface area contributed by atoms with Gasteiger partial charge < -0.3 is 9.29 Å². The molecule has 0 amide bonds. The standard InChI is InChI=1S/C14H14F3N3O3S/c15-9-6-10(8-4-2-1-3-5-8)20-13(9)18-12(19-20)11(24(21)22)7-23-14(16)17/h1-5,9-11,14H,6-7H2,(H,21,22)/p-1/t9-,10-,11?/m0/s1. The summed E-state index contributed by atoms with van der Waals surface area (Å²) in [6, 6.07) is 8.59. The molecular formula is C14H13F3N3O3S-. The molecule has 2 aromatic rings. The lowest BCUT2D eigenvalue weighted by molar-refractivity contribution is -0.128. The second-order valence-electron chi connectivity index (χ2n) is 5.25. The van der Waals surface area contributed by atoms with E-state index in [9.17, 15) is 21.9 Å². The summed E-state index contributed by atoms with van der Waals surface area (Å²) in [6.07, 6.45) is -1.27. The Kier molecular flexibility index (Phi) is 4.97. The van der Waals surface area contributed by atoms with Crippen molar-refractivity contribution in [2.75, 3.05) is 6.61 Å². The lowest BCUT2D eigenvalue weighted by Crippen LogP contribution is -2.18. The van der Waals surface area contributed by atoms with E-state index in [2.05, 4.69) is 14.8 Å². The highest BCUT2D eigenvalue weighted by Gasteiger charge is 2.36. The normalized spacial score (nSPS) is 22.5. The molecule has 6 nitrogen and oxygen atoms in total. The van der Waals surface area contributed by atoms with Crippen LogP contribution in [-0.2, 0) is 15.8 Å². The molecule has 0 aliphatic carbocycles. The van der Waals surface area contributed by atoms with Gasteiger partial charge >= 0.3 is 6.61 Å². The maximum absolute atomic E-state index is 14.2. The topological polar surface area (TPSA) is 80.1 Å². The van der Waals surface area contributed by atoms with Gasteiger partial charge in [0.05, 0.1) is 12.6 Å². The number of hydrogen-bond donors (Lipinski definition) is 0. The summed E-state index contributed by atoms with van der Waals surface area (Å²) in [4.78, 5) is 3.91. The molecule has 0 saturated heterocycles. The van der Waals surface area contributed by atoms with Crippen LogP contribution in [0.3, 0.4) is 0 Å². The summed E-state index contributed by atoms with van der Waals surface area (Å²) in [5.74, 6) is -0.256. The maximum atomic E-state index is 14.2. The molecule has 4 atom stereocenters. The van der Waals surface area contributed by atoms with Gasteiger partial charge in [0.15, 0.2) is 17.8 Å². The minimum Gasteiger partial charge on any atom is -0.772 e. The van der Waals surface area contributed by atoms with Gasteiger partial charge in [-0.25, -0.2) is 14.1 Å². The third-order valence-corrected chi connectivity index (χ3v) is 4.57. The molecule has 0 saturated carbocycles. The van der Waals surface area contributed by atoms with Crippen molar-refractivity contribution in [3.63, 3.8) is 0 Å². The number of benzene rings is 1. The first kappa shape index (κ1) is 17.1. The first-order valence-corrected chi connectivity index (χ1v) is 8.24. The Hall–Kier alpha value is -1.78. The second kappa shape index (κ2) is 6.99. The molecular weight excluding hydrogens is 347 g/mol. The lowest BCUT2D eigenvalue weighted by Gasteiger charge is -2.17. The highest BCUT2D eigenvalue weighted by atomic mass is 32.2. The molecule has 0 N–H and O–H groups in total. The lowest BCUT2D eigenvalue weighted by atomic mass is 10.0. The molecule has 130 valence electrons. The third-order valence-electron chi connectivity index (χ3n) is 3.76. The first-order valence-electron chi connectivity index (χ1n) is 7.10. The van der Waals surface area contributed by atoms with E-state index in [0.29, 0.717) is 0 Å². The van der Waals surface area contributed by atoms with E-state index >= 15 is 0 Å². The van der Waals surface area contributed by atoms with Crippen LogP contribution in [0, 0.1) is 0 Å². The van der Waals surface area contributed by atoms with Crippen LogP contribution in [0.15, 0.2) is 30.3 Å². The Labute approximate surface area is 137 Å². The molecule has 0 fully saturated rings. The third kappa shape index (κ3) is 3.35. The van der Waals surface area contributed by atoms with Crippen LogP contribution in [0.5, 0.6) is 0 Å². The summed E-state index contributed by atoms with van der Waals surface area (Å²) in [5.41, 5.74) is 0.805. The van der Waals surface area contributed by atoms with Gasteiger partial charge in [0.25, 0.3) is 0 Å². The summed E-state index contributed by atoms with van der Waals surface area (Å²) in [7, 11) is 0. The average Bonchev–Trinajstić information content (AvgIpc) is 3.09. The Morgan fingerprint density at radius 3 is 2.71 bits per heavy atom. The Morgan fingerprint density at radius 2 is 2.08 bits per heavy atom. The van der Waals surface area contributed by atoms with Crippen molar-refractivity contribution < 1.29 is 26.7 Å². The van der Waals surface area contributed by atoms with Crippen LogP contribution in [0.4, 0.5) is 13.2 Å². The second-order valence-corrected chi connectivity index (χ2v) is 6.34. The van der Waals surface area contributed by atoms with Gasteiger partial charge in [0.2, 0.25) is 0 Å². The Balaban J connectivity index is 1.91. The molecule has 0 radical (unpaired) electrons. The number of rotatable bonds is 6. The molecule has 2 unspecified atom stereocenters. The van der Waals surface area contributed by atoms with Gasteiger partial charge in [0.1, 0.15) is 5.25 Å². The van der Waals surface area contributed by atoms with Gasteiger partial charge in [-0.3, -0.25) is 4.21 Å². The summed E-state index contributed by atoms with van der Waals surface area (Å²) >= 11 is -2.78. The minimum atomic E-state index is -3.11. The van der Waals surface area contributed by atoms with Crippen LogP contribution in [0.2, 0.25) is 0 Å². The molecule has 3 rings (SSSR count). The average molecular weight is 360 g/mol. The van der Waals surface area contributed by atoms with Crippen molar-refractivity contribution in [2.45, 2.75) is 30.5 Å². The highest BCUT2D eigenvalue weighted by molar-refractivity contribution is 7.79. The van der Waals surface area contributed by atoms with E-state index in [-0.39, 0.29) is 18.1 Å². The molecule has 2 heterocycles. The van der Waals surface area contributed by atoms with Crippen LogP contribution in [0.25, 0.3) is 0 Å². The van der Waals surface area contributed by atoms with Gasteiger partial charge in [-0.2, -0.15) is 13.9 Å². The molecule has 24 heavy (non-hydrogen) atoms. The van der Waals surface area contributed by atoms with Crippen molar-refractivity contribution in [1.29, 1.82) is 0 Å². The predicted molar refractivity (Wildman–Crippen MR) is 76.7 cm³/mol. The predicted octanol–water partition coefficient (Wildman–Crippen LogP) is 2.44. The van der Waals surface area contributed by atoms with Crippen LogP contribution in [0.1, 0.15) is 41.1 Å². The maximum Gasteiger partial charge on any atom is 0.345 e. The minimum absolute atomic E-state index is 0.00801. The number of alkyl halides is 3. The van der Waals surface area contributed by atoms with Gasteiger partial charge in [0, 0.05) is 6.42 Å². The van der Waals surface area contributed by atoms with E-state index < -0.39 is 41.8 Å². The first-order chi connectivity index (χ1) is 11.5. The number of halogens is 3. The van der Waals surface area contributed by atoms with Crippen molar-refractivity contribution in [1.82, 2.24) is 14.8 Å². The smallest absolute Gasteiger partial charge is 0.345 e. The summed E-state index contributed by atoms with van der Waals surface area (Å²) < 4.78 is 66.4. The number of fused-ring (bicyclic) bond motifs is 1. The molecule has 1 aromatic heterocycles. The zero-order chi connectivity index (χ0) is 17.3. The SMILES string of the molecule is O=S([O-])C(COC(F)F)c1nc2n(n1)[C@H](c1ccccc1)C[C@@H]2F. The monoisotopic (exact) mass is 360 g/mol. The molecule has 10 heteroatoms. The number of ether oxygens (including phenoxy) is 1. The summed E-state index contributed by atoms with van der Waals surface area (Å²) in [6.45, 7) is -3.92. The molecule has 1 aliphatic rings. The Bertz CT molecular complexity index is 729. The van der Waals surface area contributed by atoms with Crippen molar-refractivity contribution in [2.24, 2.45) is 0 Å². The highest BCUT2D eigenvalue weighted by Crippen LogP contribution is 2.40. The molecule has 1 aliphatic heterocycles. The number of hydrogen-bond acceptors (Lipinski definition) is 5. The van der Waals surface area contributed by atoms with Crippen molar-refractivity contribution in [3.05, 3.63) is 47.5 Å². The summed E-state index contributed by atoms with van der Waals surface area (Å²) in [5, 5.41) is 2.56. The fourth-order valence-electron chi connectivity index (χ4n) is 2.66. The van der Waals surface area contributed by atoms with Crippen molar-refractivity contribution >= 4 is 11.1 Å². The fourth-order valence-corrected chi connectivity index (χ4v) is 3.12. The quantitative estimate of drug-likeness (QED) is 0.739. The van der Waals surface area contributed by atoms with Gasteiger partial charge in [-0.15, -0.1) is 0 Å². The largest absolute Gasteiger partial charge is 0.772 e. The molecule has 1 aromatic carbocycles. The Morgan fingerprint density at radius 1 is 1.38 bits per heavy atom. The van der Waals surface area contributed by atoms with Crippen molar-refractivity contribution in [3.8, 4) is 0 Å². The van der Waals surface area contributed by atoms with E-state index in [1.807, 2.05) is 6.07 Å². The number of nitrogens with zero attached hydrogens (tertiary/aromatic N) is 3. The number of aromatic nitrogens is 3. The zero-order valence-electron chi connectivity index (χ0n) is 12.2. The fraction of sp³-hybridized carbons (Fsp3) is 0.429. The van der Waals surface area contributed by atoms with E-state index in [4.69, 9.17) is 0 Å². The molecule has 0 spiro atoms. The van der Waals surface area contributed by atoms with Crippen LogP contribution < -0.4 is 0 Å². The van der Waals surface area contributed by atoms with E-state index in [1.54, 1.807) is 24.3 Å². The van der Waals surface area contributed by atoms with Gasteiger partial charge in [-0.05, 0) is 16.6 Å². The molecule has 0 bridgehead atoms. The van der Waals surface area contributed by atoms with E-state index in [1.165, 1.54) is 4.68 Å². The zero-order valence-corrected chi connectivity index (χ0v) is 13.0. The van der Waals surface area contributed by atoms with Crippen LogP contribution in [-0.4, -0.2) is 36.7 Å².